The van der Waals surface area contributed by atoms with E-state index in [1.807, 2.05) is 19.2 Å². The van der Waals surface area contributed by atoms with E-state index in [1.165, 1.54) is 18.4 Å². The van der Waals surface area contributed by atoms with E-state index in [1.54, 1.807) is 0 Å². The van der Waals surface area contributed by atoms with Crippen LogP contribution in [0.25, 0.3) is 0 Å². The molecule has 4 atom stereocenters. The Labute approximate surface area is 192 Å². The third-order valence-corrected chi connectivity index (χ3v) is 7.40. The molecule has 1 aromatic heterocycles. The molecule has 2 heterocycles. The summed E-state index contributed by atoms with van der Waals surface area (Å²) in [7, 11) is 0. The van der Waals surface area contributed by atoms with Crippen LogP contribution in [0.4, 0.5) is 0 Å². The zero-order valence-corrected chi connectivity index (χ0v) is 19.5. The monoisotopic (exact) mass is 441 g/mol. The van der Waals surface area contributed by atoms with E-state index in [4.69, 9.17) is 9.47 Å². The number of aromatic nitrogens is 2. The summed E-state index contributed by atoms with van der Waals surface area (Å²) in [5.41, 5.74) is 2.57. The van der Waals surface area contributed by atoms with Gasteiger partial charge in [0.25, 0.3) is 0 Å². The molecule has 2 aromatic rings. The van der Waals surface area contributed by atoms with Crippen molar-refractivity contribution in [3.63, 3.8) is 0 Å². The maximum absolute atomic E-state index is 10.9. The molecule has 1 saturated heterocycles. The second-order valence-corrected chi connectivity index (χ2v) is 9.46. The second kappa shape index (κ2) is 11.4. The van der Waals surface area contributed by atoms with Crippen molar-refractivity contribution in [2.75, 3.05) is 13.2 Å². The molecule has 2 aliphatic rings. The molecule has 4 rings (SSSR count). The molecule has 0 radical (unpaired) electrons. The fourth-order valence-corrected chi connectivity index (χ4v) is 5.31. The highest BCUT2D eigenvalue weighted by Gasteiger charge is 2.38. The first-order chi connectivity index (χ1) is 15.7. The van der Waals surface area contributed by atoms with Crippen molar-refractivity contribution in [2.24, 2.45) is 0 Å². The van der Waals surface area contributed by atoms with Gasteiger partial charge in [0.1, 0.15) is 0 Å². The fourth-order valence-electron chi connectivity index (χ4n) is 5.31. The molecule has 1 aliphatic heterocycles. The Morgan fingerprint density at radius 1 is 1.12 bits per heavy atom. The molecular formula is C26H39N3O3. The Balaban J connectivity index is 1.38. The molecule has 1 aromatic carbocycles. The van der Waals surface area contributed by atoms with Crippen LogP contribution in [0, 0.1) is 0 Å². The second-order valence-electron chi connectivity index (χ2n) is 9.46. The largest absolute Gasteiger partial charge is 0.377 e. The minimum absolute atomic E-state index is 0.0207. The molecule has 6 heteroatoms. The minimum atomic E-state index is -0.905. The number of aromatic amines is 1. The van der Waals surface area contributed by atoms with Gasteiger partial charge in [-0.15, -0.1) is 0 Å². The van der Waals surface area contributed by atoms with E-state index in [9.17, 15) is 5.11 Å². The summed E-state index contributed by atoms with van der Waals surface area (Å²) in [6.45, 7) is 5.51. The standard InChI is InChI=1S/C26H39N3O3/c1-3-19(2)32-26(30)29-17-7-10-23(24-15-16-27-28-24)25(29)18-31-22-13-11-21(12-14-22)20-8-5-4-6-9-20/h4-6,8-9,15-16,19,21-23,25-26,30H,3,7,10-14,17-18H2,1-2H3,(H,27,28)/t19-,21?,22?,23+,25-,26?/m0/s1. The number of piperidine rings is 1. The highest BCUT2D eigenvalue weighted by atomic mass is 16.6. The number of aliphatic hydroxyl groups is 1. The number of nitrogens with one attached hydrogen (secondary N) is 1. The number of likely N-dealkylation sites (tertiary alicyclic amines) is 1. The van der Waals surface area contributed by atoms with Crippen LogP contribution < -0.4 is 0 Å². The van der Waals surface area contributed by atoms with Gasteiger partial charge in [-0.3, -0.25) is 5.10 Å². The molecule has 2 fully saturated rings. The van der Waals surface area contributed by atoms with Crippen LogP contribution in [0.5, 0.6) is 0 Å². The van der Waals surface area contributed by atoms with Crippen LogP contribution in [0.2, 0.25) is 0 Å². The molecule has 0 bridgehead atoms. The van der Waals surface area contributed by atoms with Crippen LogP contribution in [0.1, 0.15) is 81.9 Å². The van der Waals surface area contributed by atoms with Crippen molar-refractivity contribution in [3.8, 4) is 0 Å². The summed E-state index contributed by atoms with van der Waals surface area (Å²) < 4.78 is 12.4. The first-order valence-electron chi connectivity index (χ1n) is 12.4. The molecular weight excluding hydrogens is 402 g/mol. The topological polar surface area (TPSA) is 70.6 Å². The zero-order chi connectivity index (χ0) is 22.3. The van der Waals surface area contributed by atoms with Gasteiger partial charge >= 0.3 is 0 Å². The predicted molar refractivity (Wildman–Crippen MR) is 125 cm³/mol. The third kappa shape index (κ3) is 5.79. The SMILES string of the molecule is CC[C@H](C)OC(O)N1CCC[C@H](c2ccn[nH]2)[C@@H]1COC1CCC(c2ccccc2)CC1. The number of H-pyrrole nitrogens is 1. The fraction of sp³-hybridized carbons (Fsp3) is 0.654. The number of hydrogen-bond acceptors (Lipinski definition) is 5. The number of ether oxygens (including phenoxy) is 2. The van der Waals surface area contributed by atoms with E-state index in [0.29, 0.717) is 12.5 Å². The Hall–Kier alpha value is -1.73. The Kier molecular flexibility index (Phi) is 8.36. The number of aliphatic hydroxyl groups excluding tert-OH is 1. The van der Waals surface area contributed by atoms with Crippen LogP contribution >= 0.6 is 0 Å². The Bertz CT molecular complexity index is 777. The first kappa shape index (κ1) is 23.4. The molecule has 0 spiro atoms. The third-order valence-electron chi connectivity index (χ3n) is 7.40. The minimum Gasteiger partial charge on any atom is -0.377 e. The van der Waals surface area contributed by atoms with Crippen LogP contribution in [0.15, 0.2) is 42.6 Å². The van der Waals surface area contributed by atoms with E-state index in [0.717, 1.165) is 44.3 Å². The van der Waals surface area contributed by atoms with E-state index in [2.05, 4.69) is 52.4 Å². The van der Waals surface area contributed by atoms with Crippen molar-refractivity contribution in [1.29, 1.82) is 0 Å². The summed E-state index contributed by atoms with van der Waals surface area (Å²) >= 11 is 0. The quantitative estimate of drug-likeness (QED) is 0.548. The molecule has 1 unspecified atom stereocenters. The maximum atomic E-state index is 10.9. The lowest BCUT2D eigenvalue weighted by Gasteiger charge is -2.44. The maximum Gasteiger partial charge on any atom is 0.216 e. The van der Waals surface area contributed by atoms with E-state index < -0.39 is 6.41 Å². The van der Waals surface area contributed by atoms with Gasteiger partial charge in [0.2, 0.25) is 6.41 Å². The molecule has 1 aliphatic carbocycles. The smallest absolute Gasteiger partial charge is 0.216 e. The van der Waals surface area contributed by atoms with E-state index in [-0.39, 0.29) is 24.2 Å². The Morgan fingerprint density at radius 2 is 1.91 bits per heavy atom. The zero-order valence-electron chi connectivity index (χ0n) is 19.5. The Morgan fingerprint density at radius 3 is 2.59 bits per heavy atom. The number of rotatable bonds is 9. The molecule has 2 N–H and O–H groups in total. The summed E-state index contributed by atoms with van der Waals surface area (Å²) in [5.74, 6) is 0.896. The highest BCUT2D eigenvalue weighted by molar-refractivity contribution is 5.20. The lowest BCUT2D eigenvalue weighted by atomic mass is 9.82. The van der Waals surface area contributed by atoms with Gasteiger partial charge in [0.05, 0.1) is 18.8 Å². The molecule has 6 nitrogen and oxygen atoms in total. The molecule has 0 amide bonds. The summed E-state index contributed by atoms with van der Waals surface area (Å²) in [4.78, 5) is 2.09. The van der Waals surface area contributed by atoms with Crippen molar-refractivity contribution < 1.29 is 14.6 Å². The van der Waals surface area contributed by atoms with Crippen molar-refractivity contribution in [2.45, 2.75) is 95.3 Å². The van der Waals surface area contributed by atoms with Gasteiger partial charge < -0.3 is 14.6 Å². The predicted octanol–water partition coefficient (Wildman–Crippen LogP) is 4.79. The van der Waals surface area contributed by atoms with Gasteiger partial charge in [-0.2, -0.15) is 5.10 Å². The lowest BCUT2D eigenvalue weighted by molar-refractivity contribution is -0.238. The van der Waals surface area contributed by atoms with Crippen molar-refractivity contribution in [1.82, 2.24) is 15.1 Å². The van der Waals surface area contributed by atoms with Gasteiger partial charge in [-0.25, -0.2) is 4.90 Å². The number of nitrogens with zero attached hydrogens (tertiary/aromatic N) is 2. The number of benzene rings is 1. The van der Waals surface area contributed by atoms with Gasteiger partial charge in [0, 0.05) is 30.4 Å². The summed E-state index contributed by atoms with van der Waals surface area (Å²) in [5, 5.41) is 18.2. The van der Waals surface area contributed by atoms with Crippen LogP contribution in [0.3, 0.4) is 0 Å². The van der Waals surface area contributed by atoms with Crippen molar-refractivity contribution >= 4 is 0 Å². The van der Waals surface area contributed by atoms with Crippen molar-refractivity contribution in [3.05, 3.63) is 53.9 Å². The number of hydrogen-bond donors (Lipinski definition) is 2. The van der Waals surface area contributed by atoms with Crippen LogP contribution in [-0.2, 0) is 9.47 Å². The molecule has 176 valence electrons. The van der Waals surface area contributed by atoms with Crippen LogP contribution in [-0.4, -0.2) is 58.0 Å². The lowest BCUT2D eigenvalue weighted by Crippen LogP contribution is -2.53. The first-order valence-corrected chi connectivity index (χ1v) is 12.4. The van der Waals surface area contributed by atoms with Gasteiger partial charge in [-0.1, -0.05) is 37.3 Å². The average molecular weight is 442 g/mol. The van der Waals surface area contributed by atoms with Gasteiger partial charge in [0.15, 0.2) is 0 Å². The van der Waals surface area contributed by atoms with Gasteiger partial charge in [-0.05, 0) is 69.4 Å². The molecule has 32 heavy (non-hydrogen) atoms. The highest BCUT2D eigenvalue weighted by Crippen LogP contribution is 2.36. The van der Waals surface area contributed by atoms with E-state index >= 15 is 0 Å². The molecule has 1 saturated carbocycles. The normalized spacial score (nSPS) is 29.0. The average Bonchev–Trinajstić information content (AvgIpc) is 3.38. The summed E-state index contributed by atoms with van der Waals surface area (Å²) in [6, 6.07) is 13.0. The summed E-state index contributed by atoms with van der Waals surface area (Å²) in [6.07, 6.45) is 8.69.